The number of rotatable bonds is 3. The van der Waals surface area contributed by atoms with Crippen LogP contribution in [0.3, 0.4) is 0 Å². The highest BCUT2D eigenvalue weighted by Gasteiger charge is 2.64. The Balaban J connectivity index is 1.65. The molecule has 0 bridgehead atoms. The van der Waals surface area contributed by atoms with Gasteiger partial charge in [0.1, 0.15) is 3.23 Å². The number of hydrogen-bond donors (Lipinski definition) is 0. The zero-order valence-electron chi connectivity index (χ0n) is 10.1. The lowest BCUT2D eigenvalue weighted by Crippen LogP contribution is -2.61. The molecule has 0 unspecified atom stereocenters. The van der Waals surface area contributed by atoms with Gasteiger partial charge in [-0.3, -0.25) is 0 Å². The van der Waals surface area contributed by atoms with E-state index in [9.17, 15) is 0 Å². The zero-order chi connectivity index (χ0) is 12.6. The molecule has 1 aromatic rings. The van der Waals surface area contributed by atoms with Gasteiger partial charge in [-0.2, -0.15) is 0 Å². The minimum absolute atomic E-state index is 0.216. The van der Waals surface area contributed by atoms with Gasteiger partial charge in [0.2, 0.25) is 0 Å². The summed E-state index contributed by atoms with van der Waals surface area (Å²) in [5.74, 6) is 0.000800. The predicted octanol–water partition coefficient (Wildman–Crippen LogP) is 3.87. The Morgan fingerprint density at radius 3 is 2.50 bits per heavy atom. The van der Waals surface area contributed by atoms with Crippen molar-refractivity contribution in [3.63, 3.8) is 0 Å². The number of ether oxygens (including phenoxy) is 2. The van der Waals surface area contributed by atoms with Crippen molar-refractivity contribution in [1.29, 1.82) is 0 Å². The number of hydrogen-bond acceptors (Lipinski definition) is 2. The van der Waals surface area contributed by atoms with Crippen LogP contribution in [-0.2, 0) is 15.9 Å². The molecule has 18 heavy (non-hydrogen) atoms. The van der Waals surface area contributed by atoms with Crippen LogP contribution in [0.1, 0.15) is 18.4 Å². The van der Waals surface area contributed by atoms with E-state index in [-0.39, 0.29) is 3.23 Å². The number of halogens is 2. The molecule has 2 aliphatic heterocycles. The third kappa shape index (κ3) is 2.07. The van der Waals surface area contributed by atoms with Gasteiger partial charge in [-0.15, -0.1) is 0 Å². The van der Waals surface area contributed by atoms with E-state index in [1.54, 1.807) is 0 Å². The number of aryl methyl sites for hydroxylation is 1. The molecular formula is C14H16Br2O2. The smallest absolute Gasteiger partial charge is 0.198 e. The minimum Gasteiger partial charge on any atom is -0.347 e. The molecule has 98 valence electrons. The summed E-state index contributed by atoms with van der Waals surface area (Å²) >= 11 is 7.42. The minimum atomic E-state index is -0.457. The van der Waals surface area contributed by atoms with Gasteiger partial charge in [0.15, 0.2) is 5.79 Å². The number of alkyl halides is 2. The first-order valence-corrected chi connectivity index (χ1v) is 7.92. The summed E-state index contributed by atoms with van der Waals surface area (Å²) in [5.41, 5.74) is 1.38. The van der Waals surface area contributed by atoms with Gasteiger partial charge in [0.05, 0.1) is 13.2 Å². The van der Waals surface area contributed by atoms with Crippen molar-refractivity contribution >= 4 is 31.9 Å². The van der Waals surface area contributed by atoms with Crippen LogP contribution in [0.15, 0.2) is 30.3 Å². The van der Waals surface area contributed by atoms with Crippen molar-refractivity contribution < 1.29 is 9.47 Å². The predicted molar refractivity (Wildman–Crippen MR) is 78.1 cm³/mol. The first-order valence-electron chi connectivity index (χ1n) is 6.34. The molecule has 2 fully saturated rings. The summed E-state index contributed by atoms with van der Waals surface area (Å²) in [7, 11) is 0. The fourth-order valence-electron chi connectivity index (χ4n) is 2.79. The molecule has 1 spiro atoms. The first-order chi connectivity index (χ1) is 8.64. The maximum Gasteiger partial charge on any atom is 0.198 e. The second-order valence-electron chi connectivity index (χ2n) is 5.00. The summed E-state index contributed by atoms with van der Waals surface area (Å²) in [6, 6.07) is 10.6. The van der Waals surface area contributed by atoms with Gasteiger partial charge in [-0.25, -0.2) is 0 Å². The Morgan fingerprint density at radius 1 is 1.17 bits per heavy atom. The van der Waals surface area contributed by atoms with Crippen LogP contribution in [0, 0.1) is 5.92 Å². The van der Waals surface area contributed by atoms with E-state index in [1.165, 1.54) is 5.56 Å². The average molecular weight is 376 g/mol. The molecule has 2 saturated heterocycles. The van der Waals surface area contributed by atoms with Crippen LogP contribution >= 0.6 is 31.9 Å². The highest BCUT2D eigenvalue weighted by Crippen LogP contribution is 2.57. The zero-order valence-corrected chi connectivity index (χ0v) is 13.2. The monoisotopic (exact) mass is 374 g/mol. The van der Waals surface area contributed by atoms with Gasteiger partial charge < -0.3 is 9.47 Å². The van der Waals surface area contributed by atoms with Crippen molar-refractivity contribution in [2.24, 2.45) is 5.92 Å². The SMILES string of the molecule is BrC1(Br)CCO[C@@]12OC[C@@H]2CCc1ccccc1. The van der Waals surface area contributed by atoms with Crippen molar-refractivity contribution in [2.75, 3.05) is 13.2 Å². The maximum absolute atomic E-state index is 5.88. The summed E-state index contributed by atoms with van der Waals surface area (Å²) in [6.45, 7) is 1.55. The van der Waals surface area contributed by atoms with Crippen molar-refractivity contribution in [1.82, 2.24) is 0 Å². The van der Waals surface area contributed by atoms with E-state index in [0.717, 1.165) is 32.5 Å². The molecule has 0 saturated carbocycles. The topological polar surface area (TPSA) is 18.5 Å². The highest BCUT2D eigenvalue weighted by molar-refractivity contribution is 9.25. The van der Waals surface area contributed by atoms with E-state index < -0.39 is 5.79 Å². The van der Waals surface area contributed by atoms with Crippen molar-refractivity contribution in [2.45, 2.75) is 28.3 Å². The fraction of sp³-hybridized carbons (Fsp3) is 0.571. The summed E-state index contributed by atoms with van der Waals surface area (Å²) < 4.78 is 11.4. The summed E-state index contributed by atoms with van der Waals surface area (Å²) in [5, 5.41) is 0. The van der Waals surface area contributed by atoms with Crippen LogP contribution in [0.4, 0.5) is 0 Å². The summed E-state index contributed by atoms with van der Waals surface area (Å²) in [6.07, 6.45) is 3.12. The molecule has 4 heteroatoms. The Kier molecular flexibility index (Phi) is 3.56. The third-order valence-corrected chi connectivity index (χ3v) is 5.80. The van der Waals surface area contributed by atoms with Crippen molar-refractivity contribution in [3.8, 4) is 0 Å². The first kappa shape index (κ1) is 13.1. The molecule has 0 N–H and O–H groups in total. The largest absolute Gasteiger partial charge is 0.347 e. The molecule has 3 rings (SSSR count). The van der Waals surface area contributed by atoms with E-state index in [1.807, 2.05) is 0 Å². The molecule has 2 heterocycles. The average Bonchev–Trinajstić information content (AvgIpc) is 2.67. The van der Waals surface area contributed by atoms with Crippen LogP contribution in [-0.4, -0.2) is 22.2 Å². The molecule has 2 atom stereocenters. The standard InChI is InChI=1S/C14H16Br2O2/c15-13(16)8-9-17-14(13)12(10-18-14)7-6-11-4-2-1-3-5-11/h1-5,12H,6-10H2/t12-,14-/m0/s1. The Morgan fingerprint density at radius 2 is 1.94 bits per heavy atom. The summed E-state index contributed by atoms with van der Waals surface area (Å²) in [4.78, 5) is 0. The van der Waals surface area contributed by atoms with Crippen LogP contribution < -0.4 is 0 Å². The molecule has 0 radical (unpaired) electrons. The van der Waals surface area contributed by atoms with E-state index in [4.69, 9.17) is 9.47 Å². The second kappa shape index (κ2) is 4.89. The van der Waals surface area contributed by atoms with E-state index >= 15 is 0 Å². The highest BCUT2D eigenvalue weighted by atomic mass is 79.9. The maximum atomic E-state index is 5.88. The Bertz CT molecular complexity index is 421. The molecule has 0 amide bonds. The lowest BCUT2D eigenvalue weighted by atomic mass is 9.86. The van der Waals surface area contributed by atoms with Gasteiger partial charge in [0.25, 0.3) is 0 Å². The van der Waals surface area contributed by atoms with Gasteiger partial charge in [0, 0.05) is 12.3 Å². The molecule has 2 aliphatic rings. The van der Waals surface area contributed by atoms with Gasteiger partial charge >= 0.3 is 0 Å². The fourth-order valence-corrected chi connectivity index (χ4v) is 4.21. The Labute approximate surface area is 124 Å². The second-order valence-corrected chi connectivity index (χ2v) is 8.77. The lowest BCUT2D eigenvalue weighted by Gasteiger charge is -2.51. The molecule has 0 aromatic heterocycles. The normalized spacial score (nSPS) is 33.6. The van der Waals surface area contributed by atoms with Crippen LogP contribution in [0.25, 0.3) is 0 Å². The van der Waals surface area contributed by atoms with Gasteiger partial charge in [-0.05, 0) is 18.4 Å². The molecule has 1 aromatic carbocycles. The van der Waals surface area contributed by atoms with Gasteiger partial charge in [-0.1, -0.05) is 62.2 Å². The molecular weight excluding hydrogens is 360 g/mol. The van der Waals surface area contributed by atoms with E-state index in [0.29, 0.717) is 5.92 Å². The lowest BCUT2D eigenvalue weighted by molar-refractivity contribution is -0.328. The van der Waals surface area contributed by atoms with E-state index in [2.05, 4.69) is 62.2 Å². The number of benzene rings is 1. The molecule has 0 aliphatic carbocycles. The van der Waals surface area contributed by atoms with Crippen molar-refractivity contribution in [3.05, 3.63) is 35.9 Å². The van der Waals surface area contributed by atoms with Crippen LogP contribution in [0.5, 0.6) is 0 Å². The molecule has 2 nitrogen and oxygen atoms in total. The third-order valence-electron chi connectivity index (χ3n) is 3.90. The quantitative estimate of drug-likeness (QED) is 0.746. The van der Waals surface area contributed by atoms with Crippen LogP contribution in [0.2, 0.25) is 0 Å². The Hall–Kier alpha value is 0.1000.